The van der Waals surface area contributed by atoms with Crippen LogP contribution in [-0.4, -0.2) is 42.8 Å². The zero-order valence-corrected chi connectivity index (χ0v) is 30.4. The summed E-state index contributed by atoms with van der Waals surface area (Å²) in [7, 11) is 0. The molecule has 0 aromatic heterocycles. The Hall–Kier alpha value is -0.600. The van der Waals surface area contributed by atoms with Crippen LogP contribution in [-0.2, 0) is 4.74 Å². The standard InChI is InChI=1S/C32H66O.C12H10.Na.H/c1-3-5-7-9-11-13-15-17-19-21-23-25-27-29-31-33-32-30-28-26-24-22-20-18-16-14-12-10-8-6-4-2;1-3-7-11(8-4-1)12-9-5-2-6-10-12;;/h3-32H2,1-2H3;1-10H;;. The third-order valence-corrected chi connectivity index (χ3v) is 9.17. The Kier molecular flexibility index (Phi) is 38.3. The molecule has 0 aliphatic carbocycles. The van der Waals surface area contributed by atoms with Gasteiger partial charge in [-0.1, -0.05) is 241 Å². The number of unbranched alkanes of at least 4 members (excludes halogenated alkanes) is 26. The van der Waals surface area contributed by atoms with E-state index in [1.807, 2.05) is 12.1 Å². The van der Waals surface area contributed by atoms with Crippen molar-refractivity contribution in [3.8, 4) is 11.1 Å². The van der Waals surface area contributed by atoms with Crippen molar-refractivity contribution in [1.29, 1.82) is 0 Å². The molecule has 2 aromatic rings. The van der Waals surface area contributed by atoms with E-state index in [9.17, 15) is 0 Å². The van der Waals surface area contributed by atoms with Gasteiger partial charge in [0.15, 0.2) is 0 Å². The summed E-state index contributed by atoms with van der Waals surface area (Å²) in [5.74, 6) is 0. The summed E-state index contributed by atoms with van der Waals surface area (Å²) in [6.45, 7) is 6.59. The SMILES string of the molecule is CCCCCCCCCCCCCCCCOCCCCCCCCCCCCCCCC.[NaH].c1ccc(-c2ccccc2)cc1. The zero-order chi connectivity index (χ0) is 32.1. The smallest absolute Gasteiger partial charge is 0.0184 e. The summed E-state index contributed by atoms with van der Waals surface area (Å²) >= 11 is 0. The van der Waals surface area contributed by atoms with E-state index in [-0.39, 0.29) is 29.6 Å². The minimum atomic E-state index is 0. The van der Waals surface area contributed by atoms with E-state index >= 15 is 0 Å². The van der Waals surface area contributed by atoms with Gasteiger partial charge in [-0.3, -0.25) is 0 Å². The van der Waals surface area contributed by atoms with Crippen LogP contribution in [0.25, 0.3) is 11.1 Å². The van der Waals surface area contributed by atoms with Crippen LogP contribution < -0.4 is 0 Å². The largest absolute Gasteiger partial charge is 0.0622 e. The molecule has 0 aliphatic rings. The molecule has 260 valence electrons. The summed E-state index contributed by atoms with van der Waals surface area (Å²) < 4.78 is 5.85. The molecule has 0 saturated carbocycles. The predicted molar refractivity (Wildman–Crippen MR) is 210 cm³/mol. The van der Waals surface area contributed by atoms with E-state index in [1.54, 1.807) is 0 Å². The Morgan fingerprint density at radius 1 is 0.304 bits per heavy atom. The van der Waals surface area contributed by atoms with Gasteiger partial charge in [-0.25, -0.2) is 0 Å². The first kappa shape index (κ1) is 45.4. The molecule has 0 atom stereocenters. The van der Waals surface area contributed by atoms with E-state index in [2.05, 4.69) is 62.4 Å². The normalized spacial score (nSPS) is 10.7. The van der Waals surface area contributed by atoms with Crippen LogP contribution in [0.5, 0.6) is 0 Å². The summed E-state index contributed by atoms with van der Waals surface area (Å²) in [5, 5.41) is 0. The average Bonchev–Trinajstić information content (AvgIpc) is 3.08. The van der Waals surface area contributed by atoms with Gasteiger partial charge >= 0.3 is 29.6 Å². The van der Waals surface area contributed by atoms with Gasteiger partial charge in [-0.05, 0) is 24.0 Å². The van der Waals surface area contributed by atoms with Crippen LogP contribution in [0.15, 0.2) is 60.7 Å². The molecule has 0 saturated heterocycles. The van der Waals surface area contributed by atoms with E-state index in [0.717, 1.165) is 13.2 Å². The van der Waals surface area contributed by atoms with Crippen molar-refractivity contribution in [2.24, 2.45) is 0 Å². The van der Waals surface area contributed by atoms with Crippen LogP contribution >= 0.6 is 0 Å². The summed E-state index contributed by atoms with van der Waals surface area (Å²) in [5.41, 5.74) is 2.55. The third-order valence-electron chi connectivity index (χ3n) is 9.17. The molecule has 2 heteroatoms. The number of benzene rings is 2. The summed E-state index contributed by atoms with van der Waals surface area (Å²) in [6.07, 6.45) is 40.1. The molecule has 2 rings (SSSR count). The van der Waals surface area contributed by atoms with Crippen molar-refractivity contribution < 1.29 is 4.74 Å². The van der Waals surface area contributed by atoms with Gasteiger partial charge in [0, 0.05) is 13.2 Å². The minimum absolute atomic E-state index is 0. The molecule has 0 amide bonds. The first-order valence-electron chi connectivity index (χ1n) is 20.1. The number of hydrogen-bond acceptors (Lipinski definition) is 1. The number of rotatable bonds is 31. The maximum absolute atomic E-state index is 5.85. The predicted octanol–water partition coefficient (Wildman–Crippen LogP) is 14.7. The molecule has 0 fully saturated rings. The molecule has 0 radical (unpaired) electrons. The summed E-state index contributed by atoms with van der Waals surface area (Å²) in [4.78, 5) is 0. The molecule has 0 N–H and O–H groups in total. The molecular formula is C44H77NaO. The maximum atomic E-state index is 5.85. The Morgan fingerprint density at radius 3 is 0.761 bits per heavy atom. The Bertz CT molecular complexity index is 725. The molecule has 0 unspecified atom stereocenters. The van der Waals surface area contributed by atoms with Crippen LogP contribution in [0.3, 0.4) is 0 Å². The van der Waals surface area contributed by atoms with E-state index in [1.165, 1.54) is 191 Å². The van der Waals surface area contributed by atoms with Crippen molar-refractivity contribution in [3.63, 3.8) is 0 Å². The van der Waals surface area contributed by atoms with Gasteiger partial charge < -0.3 is 4.74 Å². The van der Waals surface area contributed by atoms with Gasteiger partial charge in [-0.15, -0.1) is 0 Å². The second-order valence-electron chi connectivity index (χ2n) is 13.5. The van der Waals surface area contributed by atoms with Crippen molar-refractivity contribution in [2.45, 2.75) is 194 Å². The molecule has 46 heavy (non-hydrogen) atoms. The van der Waals surface area contributed by atoms with Gasteiger partial charge in [0.2, 0.25) is 0 Å². The fraction of sp³-hybridized carbons (Fsp3) is 0.727. The van der Waals surface area contributed by atoms with Crippen LogP contribution in [0.2, 0.25) is 0 Å². The molecule has 0 aliphatic heterocycles. The average molecular weight is 645 g/mol. The molecule has 0 heterocycles. The number of ether oxygens (including phenoxy) is 1. The van der Waals surface area contributed by atoms with Crippen LogP contribution in [0.1, 0.15) is 194 Å². The Balaban J connectivity index is 0.00000128. The monoisotopic (exact) mass is 645 g/mol. The van der Waals surface area contributed by atoms with Crippen LogP contribution in [0, 0.1) is 0 Å². The Morgan fingerprint density at radius 2 is 0.522 bits per heavy atom. The quantitative estimate of drug-likeness (QED) is 0.0586. The second-order valence-corrected chi connectivity index (χ2v) is 13.5. The van der Waals surface area contributed by atoms with Crippen LogP contribution in [0.4, 0.5) is 0 Å². The van der Waals surface area contributed by atoms with Gasteiger partial charge in [-0.2, -0.15) is 0 Å². The van der Waals surface area contributed by atoms with E-state index in [0.29, 0.717) is 0 Å². The van der Waals surface area contributed by atoms with E-state index in [4.69, 9.17) is 4.74 Å². The molecular weight excluding hydrogens is 567 g/mol. The maximum Gasteiger partial charge on any atom is -0.0184 e. The van der Waals surface area contributed by atoms with Gasteiger partial charge in [0.05, 0.1) is 0 Å². The Labute approximate surface area is 311 Å². The third kappa shape index (κ3) is 32.0. The van der Waals surface area contributed by atoms with Gasteiger partial charge in [0.1, 0.15) is 0 Å². The summed E-state index contributed by atoms with van der Waals surface area (Å²) in [6, 6.07) is 20.8. The van der Waals surface area contributed by atoms with Crippen molar-refractivity contribution >= 4 is 29.6 Å². The van der Waals surface area contributed by atoms with Crippen molar-refractivity contribution in [3.05, 3.63) is 60.7 Å². The van der Waals surface area contributed by atoms with Crippen molar-refractivity contribution in [2.75, 3.05) is 13.2 Å². The molecule has 0 spiro atoms. The molecule has 0 bridgehead atoms. The fourth-order valence-electron chi connectivity index (χ4n) is 6.16. The fourth-order valence-corrected chi connectivity index (χ4v) is 6.16. The number of hydrogen-bond donors (Lipinski definition) is 0. The first-order valence-corrected chi connectivity index (χ1v) is 20.1. The minimum Gasteiger partial charge on any atom is -0.0622 e. The first-order chi connectivity index (χ1) is 22.4. The van der Waals surface area contributed by atoms with Crippen molar-refractivity contribution in [1.82, 2.24) is 0 Å². The molecule has 2 aromatic carbocycles. The van der Waals surface area contributed by atoms with Gasteiger partial charge in [0.25, 0.3) is 0 Å². The zero-order valence-electron chi connectivity index (χ0n) is 30.4. The van der Waals surface area contributed by atoms with E-state index < -0.39 is 0 Å². The topological polar surface area (TPSA) is 9.23 Å². The second kappa shape index (κ2) is 38.8. The molecule has 1 nitrogen and oxygen atoms in total.